The first-order chi connectivity index (χ1) is 11.9. The number of hydrogen-bond acceptors (Lipinski definition) is 6. The Labute approximate surface area is 139 Å². The zero-order chi connectivity index (χ0) is 17.9. The van der Waals surface area contributed by atoms with Crippen molar-refractivity contribution in [2.75, 3.05) is 0 Å². The van der Waals surface area contributed by atoms with Gasteiger partial charge in [-0.25, -0.2) is 4.79 Å². The molecule has 0 unspecified atom stereocenters. The van der Waals surface area contributed by atoms with E-state index < -0.39 is 17.8 Å². The molecule has 3 rings (SSSR count). The van der Waals surface area contributed by atoms with Gasteiger partial charge in [-0.15, -0.1) is 5.10 Å². The SMILES string of the molecule is O=C(OCc1nnnn1-c1ccccc1)c1ccc(C(F)(F)F)nc1. The summed E-state index contributed by atoms with van der Waals surface area (Å²) >= 11 is 0. The van der Waals surface area contributed by atoms with Gasteiger partial charge in [0.05, 0.1) is 11.3 Å². The second-order valence-corrected chi connectivity index (χ2v) is 4.85. The quantitative estimate of drug-likeness (QED) is 0.673. The third kappa shape index (κ3) is 3.79. The fourth-order valence-electron chi connectivity index (χ4n) is 1.96. The van der Waals surface area contributed by atoms with Gasteiger partial charge in [0.25, 0.3) is 0 Å². The van der Waals surface area contributed by atoms with Crippen LogP contribution >= 0.6 is 0 Å². The number of esters is 1. The Bertz CT molecular complexity index is 863. The maximum absolute atomic E-state index is 12.5. The number of nitrogens with zero attached hydrogens (tertiary/aromatic N) is 5. The zero-order valence-electron chi connectivity index (χ0n) is 12.5. The van der Waals surface area contributed by atoms with Crippen molar-refractivity contribution in [1.82, 2.24) is 25.2 Å². The fourth-order valence-corrected chi connectivity index (χ4v) is 1.96. The fraction of sp³-hybridized carbons (Fsp3) is 0.133. The van der Waals surface area contributed by atoms with Gasteiger partial charge in [-0.1, -0.05) is 18.2 Å². The largest absolute Gasteiger partial charge is 0.454 e. The predicted octanol–water partition coefficient (Wildman–Crippen LogP) is 2.43. The van der Waals surface area contributed by atoms with Crippen LogP contribution in [0.25, 0.3) is 5.69 Å². The van der Waals surface area contributed by atoms with Crippen LogP contribution in [0.3, 0.4) is 0 Å². The number of pyridine rings is 1. The first kappa shape index (κ1) is 16.6. The first-order valence-corrected chi connectivity index (χ1v) is 6.98. The van der Waals surface area contributed by atoms with Gasteiger partial charge in [0.1, 0.15) is 5.69 Å². The number of carbonyl (C=O) groups excluding carboxylic acids is 1. The third-order valence-electron chi connectivity index (χ3n) is 3.16. The van der Waals surface area contributed by atoms with Crippen molar-refractivity contribution in [2.45, 2.75) is 12.8 Å². The van der Waals surface area contributed by atoms with E-state index in [2.05, 4.69) is 20.5 Å². The maximum atomic E-state index is 12.5. The average Bonchev–Trinajstić information content (AvgIpc) is 3.08. The molecule has 2 aromatic heterocycles. The van der Waals surface area contributed by atoms with Crippen LogP contribution in [0.15, 0.2) is 48.7 Å². The second-order valence-electron chi connectivity index (χ2n) is 4.85. The minimum atomic E-state index is -4.57. The lowest BCUT2D eigenvalue weighted by atomic mass is 10.2. The molecule has 2 heterocycles. The van der Waals surface area contributed by atoms with E-state index in [9.17, 15) is 18.0 Å². The highest BCUT2D eigenvalue weighted by Gasteiger charge is 2.32. The van der Waals surface area contributed by atoms with Crippen molar-refractivity contribution >= 4 is 5.97 Å². The van der Waals surface area contributed by atoms with Gasteiger partial charge in [0, 0.05) is 6.20 Å². The van der Waals surface area contributed by atoms with Gasteiger partial charge < -0.3 is 4.74 Å². The van der Waals surface area contributed by atoms with E-state index >= 15 is 0 Å². The number of carbonyl (C=O) groups is 1. The molecule has 0 atom stereocenters. The lowest BCUT2D eigenvalue weighted by Crippen LogP contribution is -2.12. The molecular formula is C15H10F3N5O2. The summed E-state index contributed by atoms with van der Waals surface area (Å²) in [5.41, 5.74) is -0.515. The minimum absolute atomic E-state index is 0.105. The monoisotopic (exact) mass is 349 g/mol. The molecule has 0 bridgehead atoms. The van der Waals surface area contributed by atoms with Crippen LogP contribution in [0.2, 0.25) is 0 Å². The summed E-state index contributed by atoms with van der Waals surface area (Å²) < 4.78 is 43.8. The summed E-state index contributed by atoms with van der Waals surface area (Å²) in [6.45, 7) is -0.248. The highest BCUT2D eigenvalue weighted by Crippen LogP contribution is 2.27. The lowest BCUT2D eigenvalue weighted by molar-refractivity contribution is -0.141. The number of rotatable bonds is 4. The minimum Gasteiger partial charge on any atom is -0.454 e. The number of alkyl halides is 3. The molecule has 0 saturated heterocycles. The molecular weight excluding hydrogens is 339 g/mol. The van der Waals surface area contributed by atoms with Crippen LogP contribution in [0.4, 0.5) is 13.2 Å². The summed E-state index contributed by atoms with van der Waals surface area (Å²) in [6.07, 6.45) is -3.76. The van der Waals surface area contributed by atoms with Crippen LogP contribution in [-0.2, 0) is 17.5 Å². The first-order valence-electron chi connectivity index (χ1n) is 6.98. The Balaban J connectivity index is 1.69. The number of benzene rings is 1. The smallest absolute Gasteiger partial charge is 0.433 e. The summed E-state index contributed by atoms with van der Waals surface area (Å²) in [4.78, 5) is 15.1. The van der Waals surface area contributed by atoms with Gasteiger partial charge >= 0.3 is 12.1 Å². The third-order valence-corrected chi connectivity index (χ3v) is 3.16. The molecule has 0 fully saturated rings. The summed E-state index contributed by atoms with van der Waals surface area (Å²) in [7, 11) is 0. The zero-order valence-corrected chi connectivity index (χ0v) is 12.5. The molecule has 0 N–H and O–H groups in total. The highest BCUT2D eigenvalue weighted by molar-refractivity contribution is 5.88. The van der Waals surface area contributed by atoms with Crippen LogP contribution in [0.1, 0.15) is 21.9 Å². The maximum Gasteiger partial charge on any atom is 0.433 e. The topological polar surface area (TPSA) is 82.8 Å². The Hall–Kier alpha value is -3.30. The molecule has 0 saturated carbocycles. The van der Waals surface area contributed by atoms with Gasteiger partial charge in [-0.2, -0.15) is 17.9 Å². The van der Waals surface area contributed by atoms with Crippen molar-refractivity contribution in [3.8, 4) is 5.69 Å². The van der Waals surface area contributed by atoms with E-state index in [1.807, 2.05) is 6.07 Å². The van der Waals surface area contributed by atoms with E-state index in [1.165, 1.54) is 4.68 Å². The van der Waals surface area contributed by atoms with E-state index in [0.29, 0.717) is 11.8 Å². The van der Waals surface area contributed by atoms with Gasteiger partial charge in [-0.05, 0) is 34.7 Å². The summed E-state index contributed by atoms with van der Waals surface area (Å²) in [5.74, 6) is -0.566. The molecule has 25 heavy (non-hydrogen) atoms. The highest BCUT2D eigenvalue weighted by atomic mass is 19.4. The molecule has 3 aromatic rings. The van der Waals surface area contributed by atoms with E-state index in [4.69, 9.17) is 4.74 Å². The molecule has 0 aliphatic carbocycles. The summed E-state index contributed by atoms with van der Waals surface area (Å²) in [6, 6.07) is 10.7. The Morgan fingerprint density at radius 2 is 1.88 bits per heavy atom. The molecule has 7 nitrogen and oxygen atoms in total. The van der Waals surface area contributed by atoms with Gasteiger partial charge in [0.2, 0.25) is 0 Å². The number of para-hydroxylation sites is 1. The van der Waals surface area contributed by atoms with Gasteiger partial charge in [-0.3, -0.25) is 4.98 Å². The number of aromatic nitrogens is 5. The van der Waals surface area contributed by atoms with Crippen LogP contribution < -0.4 is 0 Å². The standard InChI is InChI=1S/C15H10F3N5O2/c16-15(17,18)12-7-6-10(8-19-12)14(24)25-9-13-20-21-22-23(13)11-4-2-1-3-5-11/h1-8H,9H2. The van der Waals surface area contributed by atoms with Crippen LogP contribution in [0, 0.1) is 0 Å². The molecule has 10 heteroatoms. The van der Waals surface area contributed by atoms with E-state index in [1.54, 1.807) is 24.3 Å². The Kier molecular flexibility index (Phi) is 4.42. The Morgan fingerprint density at radius 3 is 2.52 bits per heavy atom. The van der Waals surface area contributed by atoms with Crippen molar-refractivity contribution < 1.29 is 22.7 Å². The Morgan fingerprint density at radius 1 is 1.12 bits per heavy atom. The molecule has 0 radical (unpaired) electrons. The number of ether oxygens (including phenoxy) is 1. The van der Waals surface area contributed by atoms with E-state index in [-0.39, 0.29) is 18.0 Å². The van der Waals surface area contributed by atoms with E-state index in [0.717, 1.165) is 12.3 Å². The molecule has 0 spiro atoms. The van der Waals surface area contributed by atoms with Gasteiger partial charge in [0.15, 0.2) is 12.4 Å². The number of halogens is 3. The average molecular weight is 349 g/mol. The predicted molar refractivity (Wildman–Crippen MR) is 77.5 cm³/mol. The van der Waals surface area contributed by atoms with Crippen molar-refractivity contribution in [1.29, 1.82) is 0 Å². The van der Waals surface area contributed by atoms with Crippen molar-refractivity contribution in [3.63, 3.8) is 0 Å². The lowest BCUT2D eigenvalue weighted by Gasteiger charge is -2.07. The normalized spacial score (nSPS) is 11.3. The van der Waals surface area contributed by atoms with Crippen LogP contribution in [0.5, 0.6) is 0 Å². The summed E-state index contributed by atoms with van der Waals surface area (Å²) in [5, 5.41) is 11.1. The number of tetrazole rings is 1. The number of hydrogen-bond donors (Lipinski definition) is 0. The van der Waals surface area contributed by atoms with Crippen molar-refractivity contribution in [2.24, 2.45) is 0 Å². The molecule has 1 aromatic carbocycles. The molecule has 0 aliphatic rings. The molecule has 0 aliphatic heterocycles. The second kappa shape index (κ2) is 6.67. The van der Waals surface area contributed by atoms with Crippen molar-refractivity contribution in [3.05, 3.63) is 65.7 Å². The molecule has 0 amide bonds. The van der Waals surface area contributed by atoms with Crippen LogP contribution in [-0.4, -0.2) is 31.2 Å². The molecule has 128 valence electrons.